The van der Waals surface area contributed by atoms with Crippen LogP contribution in [0, 0.1) is 6.92 Å². The Morgan fingerprint density at radius 1 is 1.11 bits per heavy atom. The highest BCUT2D eigenvalue weighted by Crippen LogP contribution is 2.23. The van der Waals surface area contributed by atoms with Gasteiger partial charge in [-0.2, -0.15) is 0 Å². The summed E-state index contributed by atoms with van der Waals surface area (Å²) < 4.78 is 31.8. The van der Waals surface area contributed by atoms with Gasteiger partial charge in [-0.1, -0.05) is 44.0 Å². The standard InChI is InChI=1S/C27H37N3O5S/c1-5-25(27(32)28-22-12-6-7-13-22)29(18-21-11-9-15-24(17-21)35-3)26(31)19-30(36(4,33)34)23-14-8-10-20(2)16-23/h8-11,14-17,22,25H,5-7,12-13,18-19H2,1-4H3,(H,28,32)/t25-/m0/s1. The maximum atomic E-state index is 13.8. The lowest BCUT2D eigenvalue weighted by atomic mass is 10.1. The minimum Gasteiger partial charge on any atom is -0.497 e. The van der Waals surface area contributed by atoms with E-state index in [4.69, 9.17) is 4.74 Å². The third-order valence-electron chi connectivity index (χ3n) is 6.54. The first-order valence-corrected chi connectivity index (χ1v) is 14.2. The zero-order valence-corrected chi connectivity index (χ0v) is 22.4. The van der Waals surface area contributed by atoms with Crippen molar-refractivity contribution in [3.8, 4) is 5.75 Å². The van der Waals surface area contributed by atoms with Gasteiger partial charge >= 0.3 is 0 Å². The van der Waals surface area contributed by atoms with Crippen LogP contribution < -0.4 is 14.4 Å². The molecule has 1 fully saturated rings. The molecule has 196 valence electrons. The lowest BCUT2D eigenvalue weighted by Crippen LogP contribution is -2.53. The molecule has 2 aromatic carbocycles. The van der Waals surface area contributed by atoms with Crippen LogP contribution in [0.2, 0.25) is 0 Å². The first-order chi connectivity index (χ1) is 17.1. The second-order valence-corrected chi connectivity index (χ2v) is 11.3. The molecule has 1 aliphatic rings. The predicted octanol–water partition coefficient (Wildman–Crippen LogP) is 3.64. The Morgan fingerprint density at radius 2 is 1.81 bits per heavy atom. The maximum Gasteiger partial charge on any atom is 0.244 e. The third kappa shape index (κ3) is 7.22. The summed E-state index contributed by atoms with van der Waals surface area (Å²) in [7, 11) is -2.19. The smallest absolute Gasteiger partial charge is 0.244 e. The maximum absolute atomic E-state index is 13.8. The van der Waals surface area contributed by atoms with Crippen molar-refractivity contribution in [3.05, 3.63) is 59.7 Å². The van der Waals surface area contributed by atoms with Gasteiger partial charge in [0.15, 0.2) is 0 Å². The molecule has 3 rings (SSSR count). The Hall–Kier alpha value is -3.07. The molecule has 9 heteroatoms. The molecule has 0 radical (unpaired) electrons. The van der Waals surface area contributed by atoms with Crippen LogP contribution >= 0.6 is 0 Å². The van der Waals surface area contributed by atoms with E-state index in [0.717, 1.165) is 47.4 Å². The molecule has 2 amide bonds. The number of aryl methyl sites for hydroxylation is 1. The fraction of sp³-hybridized carbons (Fsp3) is 0.481. The van der Waals surface area contributed by atoms with Crippen molar-refractivity contribution in [1.29, 1.82) is 0 Å². The molecule has 0 unspecified atom stereocenters. The molecule has 1 N–H and O–H groups in total. The Balaban J connectivity index is 1.93. The number of anilines is 1. The normalized spacial score (nSPS) is 14.8. The monoisotopic (exact) mass is 515 g/mol. The van der Waals surface area contributed by atoms with Crippen molar-refractivity contribution in [3.63, 3.8) is 0 Å². The average molecular weight is 516 g/mol. The molecule has 1 atom stereocenters. The number of nitrogens with one attached hydrogen (secondary N) is 1. The van der Waals surface area contributed by atoms with Crippen LogP contribution in [0.4, 0.5) is 5.69 Å². The topological polar surface area (TPSA) is 96.0 Å². The molecule has 0 aromatic heterocycles. The van der Waals surface area contributed by atoms with E-state index in [-0.39, 0.29) is 18.5 Å². The summed E-state index contributed by atoms with van der Waals surface area (Å²) in [5.74, 6) is -0.0128. The molecule has 36 heavy (non-hydrogen) atoms. The van der Waals surface area contributed by atoms with Gasteiger partial charge in [0.2, 0.25) is 21.8 Å². The summed E-state index contributed by atoms with van der Waals surface area (Å²) in [5.41, 5.74) is 2.08. The van der Waals surface area contributed by atoms with Crippen LogP contribution in [-0.2, 0) is 26.2 Å². The van der Waals surface area contributed by atoms with Gasteiger partial charge in [0.25, 0.3) is 0 Å². The van der Waals surface area contributed by atoms with E-state index in [9.17, 15) is 18.0 Å². The number of rotatable bonds is 11. The second-order valence-electron chi connectivity index (χ2n) is 9.40. The Labute approximate surface area is 214 Å². The van der Waals surface area contributed by atoms with Crippen molar-refractivity contribution in [2.75, 3.05) is 24.2 Å². The number of sulfonamides is 1. The molecular formula is C27H37N3O5S. The number of ether oxygens (including phenoxy) is 1. The van der Waals surface area contributed by atoms with Crippen molar-refractivity contribution < 1.29 is 22.7 Å². The number of hydrogen-bond acceptors (Lipinski definition) is 5. The van der Waals surface area contributed by atoms with Crippen molar-refractivity contribution in [1.82, 2.24) is 10.2 Å². The van der Waals surface area contributed by atoms with Gasteiger partial charge in [0.1, 0.15) is 18.3 Å². The SMILES string of the molecule is CC[C@@H](C(=O)NC1CCCC1)N(Cc1cccc(OC)c1)C(=O)CN(c1cccc(C)c1)S(C)(=O)=O. The van der Waals surface area contributed by atoms with Crippen molar-refractivity contribution in [2.24, 2.45) is 0 Å². The van der Waals surface area contributed by atoms with Gasteiger partial charge < -0.3 is 15.0 Å². The molecule has 8 nitrogen and oxygen atoms in total. The highest BCUT2D eigenvalue weighted by atomic mass is 32.2. The highest BCUT2D eigenvalue weighted by molar-refractivity contribution is 7.92. The quantitative estimate of drug-likeness (QED) is 0.493. The Morgan fingerprint density at radius 3 is 2.42 bits per heavy atom. The van der Waals surface area contributed by atoms with E-state index >= 15 is 0 Å². The van der Waals surface area contributed by atoms with E-state index in [0.29, 0.717) is 17.9 Å². The fourth-order valence-electron chi connectivity index (χ4n) is 4.65. The molecule has 0 spiro atoms. The van der Waals surface area contributed by atoms with Crippen molar-refractivity contribution >= 4 is 27.5 Å². The average Bonchev–Trinajstić information content (AvgIpc) is 3.34. The number of hydrogen-bond donors (Lipinski definition) is 1. The van der Waals surface area contributed by atoms with Gasteiger partial charge in [-0.3, -0.25) is 13.9 Å². The summed E-state index contributed by atoms with van der Waals surface area (Å²) >= 11 is 0. The van der Waals surface area contributed by atoms with Crippen LogP contribution in [0.15, 0.2) is 48.5 Å². The number of nitrogens with zero attached hydrogens (tertiary/aromatic N) is 2. The Bertz CT molecular complexity index is 1160. The van der Waals surface area contributed by atoms with Crippen LogP contribution in [0.1, 0.15) is 50.2 Å². The minimum atomic E-state index is -3.75. The molecular weight excluding hydrogens is 478 g/mol. The zero-order chi connectivity index (χ0) is 26.3. The minimum absolute atomic E-state index is 0.111. The zero-order valence-electron chi connectivity index (χ0n) is 21.6. The summed E-state index contributed by atoms with van der Waals surface area (Å²) in [6.07, 6.45) is 5.50. The number of carbonyl (C=O) groups is 2. The molecule has 0 heterocycles. The van der Waals surface area contributed by atoms with E-state index in [1.807, 2.05) is 44.2 Å². The van der Waals surface area contributed by atoms with Crippen LogP contribution in [0.3, 0.4) is 0 Å². The number of methoxy groups -OCH3 is 1. The van der Waals surface area contributed by atoms with Crippen LogP contribution in [0.5, 0.6) is 5.75 Å². The van der Waals surface area contributed by atoms with Gasteiger partial charge in [-0.15, -0.1) is 0 Å². The summed E-state index contributed by atoms with van der Waals surface area (Å²) in [4.78, 5) is 28.6. The van der Waals surface area contributed by atoms with Crippen LogP contribution in [0.25, 0.3) is 0 Å². The van der Waals surface area contributed by atoms with E-state index in [2.05, 4.69) is 5.32 Å². The molecule has 0 bridgehead atoms. The molecule has 1 saturated carbocycles. The number of amides is 2. The fourth-order valence-corrected chi connectivity index (χ4v) is 5.49. The third-order valence-corrected chi connectivity index (χ3v) is 7.68. The van der Waals surface area contributed by atoms with Crippen molar-refractivity contribution in [2.45, 2.75) is 64.6 Å². The van der Waals surface area contributed by atoms with E-state index in [1.54, 1.807) is 25.3 Å². The Kier molecular flexibility index (Phi) is 9.37. The predicted molar refractivity (Wildman–Crippen MR) is 141 cm³/mol. The number of carbonyl (C=O) groups excluding carboxylic acids is 2. The summed E-state index contributed by atoms with van der Waals surface area (Å²) in [5, 5.41) is 3.11. The molecule has 0 aliphatic heterocycles. The van der Waals surface area contributed by atoms with Crippen LogP contribution in [-0.4, -0.2) is 57.1 Å². The lowest BCUT2D eigenvalue weighted by molar-refractivity contribution is -0.140. The first kappa shape index (κ1) is 27.5. The number of benzene rings is 2. The molecule has 0 saturated heterocycles. The lowest BCUT2D eigenvalue weighted by Gasteiger charge is -2.33. The largest absolute Gasteiger partial charge is 0.497 e. The summed E-state index contributed by atoms with van der Waals surface area (Å²) in [6, 6.07) is 13.7. The van der Waals surface area contributed by atoms with Gasteiger partial charge in [-0.05, 0) is 61.6 Å². The first-order valence-electron chi connectivity index (χ1n) is 12.4. The van der Waals surface area contributed by atoms with E-state index in [1.165, 1.54) is 4.90 Å². The summed E-state index contributed by atoms with van der Waals surface area (Å²) in [6.45, 7) is 3.47. The second kappa shape index (κ2) is 12.3. The molecule has 1 aliphatic carbocycles. The van der Waals surface area contributed by atoms with E-state index < -0.39 is 28.5 Å². The van der Waals surface area contributed by atoms with Gasteiger partial charge in [0, 0.05) is 12.6 Å². The van der Waals surface area contributed by atoms with Gasteiger partial charge in [0.05, 0.1) is 19.1 Å². The highest BCUT2D eigenvalue weighted by Gasteiger charge is 2.33. The van der Waals surface area contributed by atoms with Gasteiger partial charge in [-0.25, -0.2) is 8.42 Å². The molecule has 2 aromatic rings.